The standard InChI is InChI=1S/C27H27N3O4/c31-26(29-17-18-12-13-28-25(14-18)33-22-9-2-3-10-22)20-7-5-8-21(15-20)30-27(32)24-16-19-6-1-4-11-23(19)34-24/h1,4-8,11-15,22,24H,2-3,9-10,16-17H2,(H,29,31)(H,30,32). The molecule has 1 fully saturated rings. The zero-order valence-electron chi connectivity index (χ0n) is 18.8. The van der Waals surface area contributed by atoms with Gasteiger partial charge in [-0.25, -0.2) is 4.98 Å². The van der Waals surface area contributed by atoms with Crippen molar-refractivity contribution < 1.29 is 19.1 Å². The van der Waals surface area contributed by atoms with Gasteiger partial charge in [-0.1, -0.05) is 24.3 Å². The number of hydrogen-bond acceptors (Lipinski definition) is 5. The van der Waals surface area contributed by atoms with Crippen molar-refractivity contribution in [2.24, 2.45) is 0 Å². The average Bonchev–Trinajstić information content (AvgIpc) is 3.53. The Labute approximate surface area is 198 Å². The zero-order chi connectivity index (χ0) is 23.3. The van der Waals surface area contributed by atoms with E-state index in [1.54, 1.807) is 30.5 Å². The third-order valence-electron chi connectivity index (χ3n) is 6.17. The maximum absolute atomic E-state index is 12.7. The molecule has 7 nitrogen and oxygen atoms in total. The molecule has 3 aromatic rings. The van der Waals surface area contributed by atoms with Gasteiger partial charge in [0, 0.05) is 36.5 Å². The molecule has 2 aliphatic rings. The predicted octanol–water partition coefficient (Wildman–Crippen LogP) is 4.28. The second-order valence-electron chi connectivity index (χ2n) is 8.70. The van der Waals surface area contributed by atoms with Gasteiger partial charge >= 0.3 is 0 Å². The first-order chi connectivity index (χ1) is 16.6. The molecule has 2 N–H and O–H groups in total. The van der Waals surface area contributed by atoms with Crippen LogP contribution in [0.4, 0.5) is 5.69 Å². The molecule has 1 atom stereocenters. The zero-order valence-corrected chi connectivity index (χ0v) is 18.8. The monoisotopic (exact) mass is 457 g/mol. The van der Waals surface area contributed by atoms with Crippen molar-refractivity contribution in [3.8, 4) is 11.6 Å². The summed E-state index contributed by atoms with van der Waals surface area (Å²) in [6.45, 7) is 0.354. The Morgan fingerprint density at radius 2 is 1.88 bits per heavy atom. The van der Waals surface area contributed by atoms with Gasteiger partial charge in [0.05, 0.1) is 0 Å². The van der Waals surface area contributed by atoms with Crippen molar-refractivity contribution in [2.75, 3.05) is 5.32 Å². The lowest BCUT2D eigenvalue weighted by molar-refractivity contribution is -0.122. The molecule has 1 aliphatic heterocycles. The Morgan fingerprint density at radius 1 is 1.03 bits per heavy atom. The van der Waals surface area contributed by atoms with Gasteiger partial charge in [0.1, 0.15) is 11.9 Å². The summed E-state index contributed by atoms with van der Waals surface area (Å²) in [5.74, 6) is 0.874. The number of fused-ring (bicyclic) bond motifs is 1. The van der Waals surface area contributed by atoms with E-state index in [-0.39, 0.29) is 17.9 Å². The van der Waals surface area contributed by atoms with Gasteiger partial charge in [-0.05, 0) is 67.1 Å². The van der Waals surface area contributed by atoms with Crippen LogP contribution in [0.15, 0.2) is 66.9 Å². The lowest BCUT2D eigenvalue weighted by Gasteiger charge is -2.13. The number of benzene rings is 2. The fourth-order valence-corrected chi connectivity index (χ4v) is 4.38. The molecule has 2 heterocycles. The number of hydrogen-bond donors (Lipinski definition) is 2. The summed E-state index contributed by atoms with van der Waals surface area (Å²) in [4.78, 5) is 29.7. The van der Waals surface area contributed by atoms with Crippen molar-refractivity contribution in [1.82, 2.24) is 10.3 Å². The highest BCUT2D eigenvalue weighted by atomic mass is 16.5. The minimum Gasteiger partial charge on any atom is -0.480 e. The first-order valence-corrected chi connectivity index (χ1v) is 11.7. The SMILES string of the molecule is O=C(NCc1ccnc(OC2CCCC2)c1)c1cccc(NC(=O)C2Cc3ccccc3O2)c1. The molecule has 1 aromatic heterocycles. The van der Waals surface area contributed by atoms with Crippen LogP contribution in [-0.2, 0) is 17.8 Å². The quantitative estimate of drug-likeness (QED) is 0.553. The number of pyridine rings is 1. The number of para-hydroxylation sites is 1. The lowest BCUT2D eigenvalue weighted by Crippen LogP contribution is -2.31. The van der Waals surface area contributed by atoms with Crippen LogP contribution in [0.1, 0.15) is 47.2 Å². The summed E-state index contributed by atoms with van der Waals surface area (Å²) < 4.78 is 11.7. The van der Waals surface area contributed by atoms with Crippen molar-refractivity contribution in [2.45, 2.75) is 50.9 Å². The van der Waals surface area contributed by atoms with Crippen LogP contribution in [0.3, 0.4) is 0 Å². The summed E-state index contributed by atoms with van der Waals surface area (Å²) >= 11 is 0. The summed E-state index contributed by atoms with van der Waals surface area (Å²) in [5, 5.41) is 5.78. The smallest absolute Gasteiger partial charge is 0.265 e. The van der Waals surface area contributed by atoms with E-state index in [2.05, 4.69) is 15.6 Å². The lowest BCUT2D eigenvalue weighted by atomic mass is 10.1. The van der Waals surface area contributed by atoms with Crippen molar-refractivity contribution in [3.63, 3.8) is 0 Å². The molecule has 0 spiro atoms. The number of nitrogens with one attached hydrogen (secondary N) is 2. The Morgan fingerprint density at radius 3 is 2.74 bits per heavy atom. The number of carbonyl (C=O) groups is 2. The normalized spacial score (nSPS) is 17.0. The van der Waals surface area contributed by atoms with Gasteiger partial charge in [0.25, 0.3) is 11.8 Å². The second kappa shape index (κ2) is 9.95. The molecule has 34 heavy (non-hydrogen) atoms. The van der Waals surface area contributed by atoms with E-state index in [0.29, 0.717) is 30.1 Å². The van der Waals surface area contributed by atoms with Crippen LogP contribution in [0.25, 0.3) is 0 Å². The van der Waals surface area contributed by atoms with Crippen LogP contribution in [0.5, 0.6) is 11.6 Å². The third-order valence-corrected chi connectivity index (χ3v) is 6.17. The summed E-state index contributed by atoms with van der Waals surface area (Å²) in [5.41, 5.74) is 2.95. The van der Waals surface area contributed by atoms with Gasteiger partial charge in [0.15, 0.2) is 6.10 Å². The highest BCUT2D eigenvalue weighted by Gasteiger charge is 2.28. The molecular formula is C27H27N3O4. The van der Waals surface area contributed by atoms with Crippen molar-refractivity contribution in [1.29, 1.82) is 0 Å². The largest absolute Gasteiger partial charge is 0.480 e. The summed E-state index contributed by atoms with van der Waals surface area (Å²) in [7, 11) is 0. The van der Waals surface area contributed by atoms with Gasteiger partial charge in [-0.15, -0.1) is 0 Å². The van der Waals surface area contributed by atoms with Crippen molar-refractivity contribution >= 4 is 17.5 Å². The highest BCUT2D eigenvalue weighted by Crippen LogP contribution is 2.29. The molecule has 1 aliphatic carbocycles. The maximum atomic E-state index is 12.7. The third kappa shape index (κ3) is 5.20. The molecule has 2 aromatic carbocycles. The Balaban J connectivity index is 1.16. The Bertz CT molecular complexity index is 1160. The van der Waals surface area contributed by atoms with E-state index in [9.17, 15) is 9.59 Å². The first kappa shape index (κ1) is 21.9. The topological polar surface area (TPSA) is 89.5 Å². The number of carbonyl (C=O) groups excluding carboxylic acids is 2. The highest BCUT2D eigenvalue weighted by molar-refractivity contribution is 5.98. The summed E-state index contributed by atoms with van der Waals surface area (Å²) in [6.07, 6.45) is 6.40. The molecule has 1 unspecified atom stereocenters. The maximum Gasteiger partial charge on any atom is 0.265 e. The van der Waals surface area contributed by atoms with Crippen LogP contribution in [-0.4, -0.2) is 29.0 Å². The van der Waals surface area contributed by atoms with E-state index in [4.69, 9.17) is 9.47 Å². The number of anilines is 1. The minimum absolute atomic E-state index is 0.226. The number of amides is 2. The number of ether oxygens (including phenoxy) is 2. The number of rotatable bonds is 7. The molecule has 1 saturated carbocycles. The van der Waals surface area contributed by atoms with E-state index < -0.39 is 6.10 Å². The Hall–Kier alpha value is -3.87. The van der Waals surface area contributed by atoms with E-state index in [1.165, 1.54) is 12.8 Å². The van der Waals surface area contributed by atoms with Crippen LogP contribution in [0, 0.1) is 0 Å². The van der Waals surface area contributed by atoms with Gasteiger partial charge in [-0.2, -0.15) is 0 Å². The molecule has 0 bridgehead atoms. The van der Waals surface area contributed by atoms with Crippen molar-refractivity contribution in [3.05, 3.63) is 83.6 Å². The molecule has 2 amide bonds. The predicted molar refractivity (Wildman–Crippen MR) is 128 cm³/mol. The van der Waals surface area contributed by atoms with Crippen LogP contribution >= 0.6 is 0 Å². The van der Waals surface area contributed by atoms with Crippen LogP contribution < -0.4 is 20.1 Å². The average molecular weight is 458 g/mol. The van der Waals surface area contributed by atoms with E-state index >= 15 is 0 Å². The summed E-state index contributed by atoms with van der Waals surface area (Å²) in [6, 6.07) is 18.2. The molecule has 0 radical (unpaired) electrons. The fraction of sp³-hybridized carbons (Fsp3) is 0.296. The molecular weight excluding hydrogens is 430 g/mol. The number of nitrogens with zero attached hydrogens (tertiary/aromatic N) is 1. The molecule has 7 heteroatoms. The minimum atomic E-state index is -0.581. The Kier molecular flexibility index (Phi) is 6.42. The van der Waals surface area contributed by atoms with Gasteiger partial charge < -0.3 is 20.1 Å². The van der Waals surface area contributed by atoms with E-state index in [1.807, 2.05) is 36.4 Å². The second-order valence-corrected chi connectivity index (χ2v) is 8.70. The van der Waals surface area contributed by atoms with Gasteiger partial charge in [0.2, 0.25) is 5.88 Å². The van der Waals surface area contributed by atoms with Gasteiger partial charge in [-0.3, -0.25) is 9.59 Å². The molecule has 5 rings (SSSR count). The fourth-order valence-electron chi connectivity index (χ4n) is 4.38. The number of aromatic nitrogens is 1. The first-order valence-electron chi connectivity index (χ1n) is 11.7. The molecule has 0 saturated heterocycles. The molecule has 174 valence electrons. The van der Waals surface area contributed by atoms with E-state index in [0.717, 1.165) is 29.7 Å². The van der Waals surface area contributed by atoms with Crippen LogP contribution in [0.2, 0.25) is 0 Å².